The van der Waals surface area contributed by atoms with Gasteiger partial charge in [0.05, 0.1) is 5.69 Å². The summed E-state index contributed by atoms with van der Waals surface area (Å²) in [5.41, 5.74) is 8.11. The van der Waals surface area contributed by atoms with Crippen LogP contribution in [0.25, 0.3) is 11.3 Å². The lowest BCUT2D eigenvalue weighted by Crippen LogP contribution is -2.32. The SMILES string of the molecule is N[C@H]1CC[C@H](Nc2cc(-c3cccc(NCC4CCCCC4)n3)ccn2)CC1. The third kappa shape index (κ3) is 5.22. The molecule has 2 fully saturated rings. The first kappa shape index (κ1) is 19.2. The van der Waals surface area contributed by atoms with Crippen LogP contribution in [-0.2, 0) is 0 Å². The lowest BCUT2D eigenvalue weighted by molar-refractivity contribution is 0.373. The second kappa shape index (κ2) is 9.37. The van der Waals surface area contributed by atoms with E-state index in [0.717, 1.165) is 61.0 Å². The number of nitrogens with one attached hydrogen (secondary N) is 2. The van der Waals surface area contributed by atoms with Gasteiger partial charge in [-0.05, 0) is 68.7 Å². The van der Waals surface area contributed by atoms with Gasteiger partial charge in [-0.2, -0.15) is 0 Å². The number of hydrogen-bond acceptors (Lipinski definition) is 5. The third-order valence-electron chi connectivity index (χ3n) is 6.23. The van der Waals surface area contributed by atoms with E-state index >= 15 is 0 Å². The largest absolute Gasteiger partial charge is 0.370 e. The lowest BCUT2D eigenvalue weighted by atomic mass is 9.89. The van der Waals surface area contributed by atoms with Crippen LogP contribution in [0.1, 0.15) is 57.8 Å². The summed E-state index contributed by atoms with van der Waals surface area (Å²) in [7, 11) is 0. The summed E-state index contributed by atoms with van der Waals surface area (Å²) < 4.78 is 0. The summed E-state index contributed by atoms with van der Waals surface area (Å²) in [5, 5.41) is 7.14. The fourth-order valence-corrected chi connectivity index (χ4v) is 4.48. The third-order valence-corrected chi connectivity index (χ3v) is 6.23. The predicted octanol–water partition coefficient (Wildman–Crippen LogP) is 4.82. The number of nitrogens with zero attached hydrogens (tertiary/aromatic N) is 2. The molecular weight excluding hydrogens is 346 g/mol. The van der Waals surface area contributed by atoms with E-state index in [2.05, 4.69) is 39.9 Å². The minimum Gasteiger partial charge on any atom is -0.370 e. The highest BCUT2D eigenvalue weighted by atomic mass is 15.0. The molecule has 0 amide bonds. The molecule has 5 heteroatoms. The molecular formula is C23H33N5. The first-order valence-corrected chi connectivity index (χ1v) is 11.0. The van der Waals surface area contributed by atoms with Crippen molar-refractivity contribution in [3.8, 4) is 11.3 Å². The average molecular weight is 380 g/mol. The van der Waals surface area contributed by atoms with Crippen molar-refractivity contribution in [1.29, 1.82) is 0 Å². The van der Waals surface area contributed by atoms with Crippen LogP contribution in [-0.4, -0.2) is 28.6 Å². The van der Waals surface area contributed by atoms with Gasteiger partial charge in [0.2, 0.25) is 0 Å². The van der Waals surface area contributed by atoms with E-state index in [1.165, 1.54) is 32.1 Å². The smallest absolute Gasteiger partial charge is 0.126 e. The predicted molar refractivity (Wildman–Crippen MR) is 116 cm³/mol. The quantitative estimate of drug-likeness (QED) is 0.671. The highest BCUT2D eigenvalue weighted by Crippen LogP contribution is 2.26. The Labute approximate surface area is 168 Å². The fourth-order valence-electron chi connectivity index (χ4n) is 4.48. The Balaban J connectivity index is 1.39. The molecule has 28 heavy (non-hydrogen) atoms. The maximum Gasteiger partial charge on any atom is 0.126 e. The molecule has 0 bridgehead atoms. The second-order valence-electron chi connectivity index (χ2n) is 8.48. The van der Waals surface area contributed by atoms with E-state index < -0.39 is 0 Å². The van der Waals surface area contributed by atoms with Gasteiger partial charge in [0.15, 0.2) is 0 Å². The van der Waals surface area contributed by atoms with Crippen LogP contribution in [0.3, 0.4) is 0 Å². The van der Waals surface area contributed by atoms with E-state index in [4.69, 9.17) is 10.7 Å². The van der Waals surface area contributed by atoms with E-state index in [1.54, 1.807) is 0 Å². The van der Waals surface area contributed by atoms with Crippen LogP contribution >= 0.6 is 0 Å². The normalized spacial score (nSPS) is 23.3. The van der Waals surface area contributed by atoms with Crippen LogP contribution in [0.5, 0.6) is 0 Å². The molecule has 0 unspecified atom stereocenters. The van der Waals surface area contributed by atoms with Gasteiger partial charge in [-0.15, -0.1) is 0 Å². The van der Waals surface area contributed by atoms with Gasteiger partial charge in [-0.25, -0.2) is 9.97 Å². The van der Waals surface area contributed by atoms with Gasteiger partial charge in [0, 0.05) is 30.4 Å². The number of hydrogen-bond donors (Lipinski definition) is 3. The van der Waals surface area contributed by atoms with Gasteiger partial charge < -0.3 is 16.4 Å². The van der Waals surface area contributed by atoms with Crippen molar-refractivity contribution >= 4 is 11.6 Å². The van der Waals surface area contributed by atoms with Crippen molar-refractivity contribution in [2.45, 2.75) is 69.9 Å². The van der Waals surface area contributed by atoms with Gasteiger partial charge in [0.1, 0.15) is 11.6 Å². The molecule has 2 aliphatic carbocycles. The fraction of sp³-hybridized carbons (Fsp3) is 0.565. The van der Waals surface area contributed by atoms with Crippen molar-refractivity contribution in [2.24, 2.45) is 11.7 Å². The van der Waals surface area contributed by atoms with Crippen LogP contribution in [0, 0.1) is 5.92 Å². The van der Waals surface area contributed by atoms with Gasteiger partial charge in [-0.1, -0.05) is 25.3 Å². The summed E-state index contributed by atoms with van der Waals surface area (Å²) in [6.07, 6.45) is 13.1. The minimum atomic E-state index is 0.366. The van der Waals surface area contributed by atoms with Crippen LogP contribution in [0.2, 0.25) is 0 Å². The zero-order chi connectivity index (χ0) is 19.2. The monoisotopic (exact) mass is 379 g/mol. The highest BCUT2D eigenvalue weighted by molar-refractivity contribution is 5.64. The molecule has 4 rings (SSSR count). The zero-order valence-corrected chi connectivity index (χ0v) is 16.7. The molecule has 0 aromatic carbocycles. The van der Waals surface area contributed by atoms with E-state index in [0.29, 0.717) is 12.1 Å². The van der Waals surface area contributed by atoms with Gasteiger partial charge in [0.25, 0.3) is 0 Å². The molecule has 0 spiro atoms. The van der Waals surface area contributed by atoms with Crippen molar-refractivity contribution in [1.82, 2.24) is 9.97 Å². The van der Waals surface area contributed by atoms with E-state index in [9.17, 15) is 0 Å². The number of nitrogens with two attached hydrogens (primary N) is 1. The van der Waals surface area contributed by atoms with Crippen LogP contribution in [0.15, 0.2) is 36.5 Å². The van der Waals surface area contributed by atoms with E-state index in [-0.39, 0.29) is 0 Å². The topological polar surface area (TPSA) is 75.9 Å². The highest BCUT2D eigenvalue weighted by Gasteiger charge is 2.18. The molecule has 5 nitrogen and oxygen atoms in total. The minimum absolute atomic E-state index is 0.366. The summed E-state index contributed by atoms with van der Waals surface area (Å²) in [6.45, 7) is 1.03. The second-order valence-corrected chi connectivity index (χ2v) is 8.48. The first-order chi connectivity index (χ1) is 13.8. The Morgan fingerprint density at radius 3 is 2.57 bits per heavy atom. The summed E-state index contributed by atoms with van der Waals surface area (Å²) in [6, 6.07) is 11.2. The lowest BCUT2D eigenvalue weighted by Gasteiger charge is -2.27. The number of anilines is 2. The summed E-state index contributed by atoms with van der Waals surface area (Å²) in [4.78, 5) is 9.35. The molecule has 2 heterocycles. The van der Waals surface area contributed by atoms with Crippen molar-refractivity contribution in [3.05, 3.63) is 36.5 Å². The number of rotatable bonds is 6. The van der Waals surface area contributed by atoms with Crippen molar-refractivity contribution < 1.29 is 0 Å². The molecule has 2 saturated carbocycles. The molecule has 0 atom stereocenters. The van der Waals surface area contributed by atoms with Gasteiger partial charge >= 0.3 is 0 Å². The maximum absolute atomic E-state index is 6.02. The molecule has 2 aliphatic rings. The molecule has 0 saturated heterocycles. The first-order valence-electron chi connectivity index (χ1n) is 11.0. The Morgan fingerprint density at radius 2 is 1.75 bits per heavy atom. The molecule has 150 valence electrons. The molecule has 2 aromatic heterocycles. The van der Waals surface area contributed by atoms with Crippen LogP contribution < -0.4 is 16.4 Å². The number of pyridine rings is 2. The Morgan fingerprint density at radius 1 is 0.929 bits per heavy atom. The Hall–Kier alpha value is -2.14. The van der Waals surface area contributed by atoms with E-state index in [1.807, 2.05) is 12.3 Å². The number of aromatic nitrogens is 2. The molecule has 0 aliphatic heterocycles. The maximum atomic E-state index is 6.02. The zero-order valence-electron chi connectivity index (χ0n) is 16.7. The average Bonchev–Trinajstić information content (AvgIpc) is 2.75. The van der Waals surface area contributed by atoms with Crippen molar-refractivity contribution in [3.63, 3.8) is 0 Å². The Bertz CT molecular complexity index is 748. The molecule has 4 N–H and O–H groups in total. The standard InChI is InChI=1S/C23H33N5/c24-19-9-11-20(12-10-19)27-23-15-18(13-14-25-23)21-7-4-8-22(28-21)26-16-17-5-2-1-3-6-17/h4,7-8,13-15,17,19-20H,1-3,5-6,9-12,16,24H2,(H,25,27)(H,26,28)/t19-,20-. The molecule has 0 radical (unpaired) electrons. The van der Waals surface area contributed by atoms with Crippen molar-refractivity contribution in [2.75, 3.05) is 17.2 Å². The molecule has 2 aromatic rings. The van der Waals surface area contributed by atoms with Gasteiger partial charge in [-0.3, -0.25) is 0 Å². The van der Waals surface area contributed by atoms with Crippen LogP contribution in [0.4, 0.5) is 11.6 Å². The summed E-state index contributed by atoms with van der Waals surface area (Å²) >= 11 is 0. The Kier molecular flexibility index (Phi) is 6.42. The summed E-state index contributed by atoms with van der Waals surface area (Å²) in [5.74, 6) is 2.69.